The number of rotatable bonds is 6. The van der Waals surface area contributed by atoms with Crippen molar-refractivity contribution in [2.24, 2.45) is 0 Å². The van der Waals surface area contributed by atoms with Gasteiger partial charge < -0.3 is 14.2 Å². The molecule has 2 aliphatic heterocycles. The minimum absolute atomic E-state index is 0.103. The summed E-state index contributed by atoms with van der Waals surface area (Å²) >= 11 is 12.1. The zero-order valence-corrected chi connectivity index (χ0v) is 22.2. The fourth-order valence-electron chi connectivity index (χ4n) is 4.86. The van der Waals surface area contributed by atoms with Gasteiger partial charge in [0.05, 0.1) is 11.1 Å². The second kappa shape index (κ2) is 11.1. The van der Waals surface area contributed by atoms with E-state index in [0.29, 0.717) is 27.8 Å². The molecule has 2 heterocycles. The van der Waals surface area contributed by atoms with Gasteiger partial charge >= 0.3 is 6.09 Å². The highest BCUT2D eigenvalue weighted by Gasteiger charge is 2.59. The summed E-state index contributed by atoms with van der Waals surface area (Å²) in [5.41, 5.74) is 1.63. The van der Waals surface area contributed by atoms with Crippen LogP contribution in [0, 0.1) is 11.8 Å². The minimum Gasteiger partial charge on any atom is -0.481 e. The lowest BCUT2D eigenvalue weighted by molar-refractivity contribution is -0.173. The fraction of sp³-hybridized carbons (Fsp3) is 0.267. The van der Waals surface area contributed by atoms with Gasteiger partial charge in [0, 0.05) is 23.4 Å². The number of benzene rings is 3. The molecule has 0 aliphatic carbocycles. The van der Waals surface area contributed by atoms with E-state index in [1.165, 1.54) is 4.90 Å². The first-order valence-corrected chi connectivity index (χ1v) is 13.0. The van der Waals surface area contributed by atoms with Crippen LogP contribution in [0.5, 0.6) is 5.75 Å². The van der Waals surface area contributed by atoms with Crippen LogP contribution in [0.2, 0.25) is 10.0 Å². The molecular formula is C30H25Cl2NO5. The SMILES string of the molecule is CC1O[C@@H](Cc2cccc(OCC#Cc3ccc(Cl)cc3Cl)c2)C(=O)N2C(=O)OC[C@@]12Cc1ccccc1. The van der Waals surface area contributed by atoms with Gasteiger partial charge in [-0.2, -0.15) is 0 Å². The Hall–Kier alpha value is -3.50. The van der Waals surface area contributed by atoms with E-state index in [1.807, 2.05) is 61.5 Å². The number of cyclic esters (lactones) is 1. The molecule has 6 nitrogen and oxygen atoms in total. The van der Waals surface area contributed by atoms with Crippen molar-refractivity contribution < 1.29 is 23.8 Å². The molecule has 194 valence electrons. The van der Waals surface area contributed by atoms with Crippen molar-refractivity contribution in [2.45, 2.75) is 37.5 Å². The number of nitrogens with zero attached hydrogens (tertiary/aromatic N) is 1. The lowest BCUT2D eigenvalue weighted by atomic mass is 9.83. The topological polar surface area (TPSA) is 65.1 Å². The standard InChI is InChI=1S/C30H25Cl2NO5/c1-20-30(18-21-7-3-2-4-8-21)19-37-29(35)33(30)28(34)27(38-20)16-22-9-5-11-25(15-22)36-14-6-10-23-12-13-24(31)17-26(23)32/h2-5,7-9,11-13,15,17,20,27H,14,16,18-19H2,1H3/t20?,27-,30-/m0/s1. The monoisotopic (exact) mass is 549 g/mol. The first-order chi connectivity index (χ1) is 18.4. The molecule has 0 aromatic heterocycles. The van der Waals surface area contributed by atoms with E-state index in [0.717, 1.165) is 11.1 Å². The maximum atomic E-state index is 13.5. The highest BCUT2D eigenvalue weighted by molar-refractivity contribution is 6.35. The van der Waals surface area contributed by atoms with E-state index >= 15 is 0 Å². The van der Waals surface area contributed by atoms with Gasteiger partial charge in [0.2, 0.25) is 0 Å². The molecule has 2 aliphatic rings. The predicted molar refractivity (Wildman–Crippen MR) is 144 cm³/mol. The number of ether oxygens (including phenoxy) is 3. The number of hydrogen-bond acceptors (Lipinski definition) is 5. The van der Waals surface area contributed by atoms with Crippen molar-refractivity contribution in [3.05, 3.63) is 99.5 Å². The highest BCUT2D eigenvalue weighted by atomic mass is 35.5. The summed E-state index contributed by atoms with van der Waals surface area (Å²) in [6.45, 7) is 2.15. The number of hydrogen-bond donors (Lipinski definition) is 0. The van der Waals surface area contributed by atoms with Crippen LogP contribution >= 0.6 is 23.2 Å². The van der Waals surface area contributed by atoms with E-state index in [2.05, 4.69) is 11.8 Å². The molecular weight excluding hydrogens is 525 g/mol. The molecule has 2 saturated heterocycles. The lowest BCUT2D eigenvalue weighted by Crippen LogP contribution is -2.66. The molecule has 1 unspecified atom stereocenters. The fourth-order valence-corrected chi connectivity index (χ4v) is 5.31. The zero-order chi connectivity index (χ0) is 26.7. The smallest absolute Gasteiger partial charge is 0.417 e. The van der Waals surface area contributed by atoms with Gasteiger partial charge in [-0.05, 0) is 48.4 Å². The third-order valence-corrected chi connectivity index (χ3v) is 7.38. The average molecular weight is 550 g/mol. The molecule has 3 aromatic carbocycles. The molecule has 3 atom stereocenters. The van der Waals surface area contributed by atoms with Gasteiger partial charge in [0.1, 0.15) is 30.6 Å². The summed E-state index contributed by atoms with van der Waals surface area (Å²) in [4.78, 5) is 27.4. The normalized spacial score (nSPS) is 22.3. The number of carbonyl (C=O) groups excluding carboxylic acids is 2. The number of imide groups is 1. The highest BCUT2D eigenvalue weighted by Crippen LogP contribution is 2.38. The van der Waals surface area contributed by atoms with Gasteiger partial charge in [-0.1, -0.05) is 77.5 Å². The average Bonchev–Trinajstić information content (AvgIpc) is 3.24. The number of halogens is 2. The number of morpholine rings is 1. The molecule has 0 N–H and O–H groups in total. The number of fused-ring (bicyclic) bond motifs is 1. The Balaban J connectivity index is 1.26. The summed E-state index contributed by atoms with van der Waals surface area (Å²) in [6.07, 6.45) is -1.10. The van der Waals surface area contributed by atoms with E-state index in [1.54, 1.807) is 18.2 Å². The van der Waals surface area contributed by atoms with Gasteiger partial charge in [0.15, 0.2) is 0 Å². The minimum atomic E-state index is -0.872. The molecule has 38 heavy (non-hydrogen) atoms. The summed E-state index contributed by atoms with van der Waals surface area (Å²) in [6, 6.07) is 22.2. The van der Waals surface area contributed by atoms with Gasteiger partial charge in [-0.25, -0.2) is 9.69 Å². The van der Waals surface area contributed by atoms with Crippen LogP contribution in [0.1, 0.15) is 23.6 Å². The van der Waals surface area contributed by atoms with E-state index in [4.69, 9.17) is 37.4 Å². The number of carbonyl (C=O) groups is 2. The third kappa shape index (κ3) is 5.37. The van der Waals surface area contributed by atoms with Crippen molar-refractivity contribution in [3.63, 3.8) is 0 Å². The van der Waals surface area contributed by atoms with Crippen LogP contribution in [0.4, 0.5) is 4.79 Å². The van der Waals surface area contributed by atoms with Crippen LogP contribution in [0.15, 0.2) is 72.8 Å². The molecule has 2 fully saturated rings. The van der Waals surface area contributed by atoms with Crippen LogP contribution in [0.25, 0.3) is 0 Å². The molecule has 0 saturated carbocycles. The Bertz CT molecular complexity index is 1420. The molecule has 0 bridgehead atoms. The summed E-state index contributed by atoms with van der Waals surface area (Å²) in [7, 11) is 0. The van der Waals surface area contributed by atoms with Crippen molar-refractivity contribution >= 4 is 35.2 Å². The van der Waals surface area contributed by atoms with Crippen LogP contribution in [0.3, 0.4) is 0 Å². The summed E-state index contributed by atoms with van der Waals surface area (Å²) in [5, 5.41) is 1.03. The van der Waals surface area contributed by atoms with Crippen molar-refractivity contribution in [2.75, 3.05) is 13.2 Å². The molecule has 5 rings (SSSR count). The molecule has 0 radical (unpaired) electrons. The Kier molecular flexibility index (Phi) is 7.62. The van der Waals surface area contributed by atoms with Gasteiger partial charge in [-0.15, -0.1) is 0 Å². The van der Waals surface area contributed by atoms with Crippen molar-refractivity contribution in [1.29, 1.82) is 0 Å². The lowest BCUT2D eigenvalue weighted by Gasteiger charge is -2.45. The maximum Gasteiger partial charge on any atom is 0.417 e. The second-order valence-electron chi connectivity index (χ2n) is 9.33. The Morgan fingerprint density at radius 2 is 1.82 bits per heavy atom. The molecule has 0 spiro atoms. The quantitative estimate of drug-likeness (QED) is 0.368. The Morgan fingerprint density at radius 1 is 1.03 bits per heavy atom. The largest absolute Gasteiger partial charge is 0.481 e. The first-order valence-electron chi connectivity index (χ1n) is 12.2. The molecule has 3 aromatic rings. The van der Waals surface area contributed by atoms with Gasteiger partial charge in [0.25, 0.3) is 5.91 Å². The third-order valence-electron chi connectivity index (χ3n) is 6.83. The molecule has 2 amide bonds. The zero-order valence-electron chi connectivity index (χ0n) is 20.7. The first kappa shape index (κ1) is 26.1. The maximum absolute atomic E-state index is 13.5. The Labute approximate surface area is 231 Å². The summed E-state index contributed by atoms with van der Waals surface area (Å²) in [5.74, 6) is 6.13. The van der Waals surface area contributed by atoms with Crippen molar-refractivity contribution in [1.82, 2.24) is 4.90 Å². The predicted octanol–water partition coefficient (Wildman–Crippen LogP) is 5.71. The van der Waals surface area contributed by atoms with E-state index < -0.39 is 29.7 Å². The van der Waals surface area contributed by atoms with Crippen molar-refractivity contribution in [3.8, 4) is 17.6 Å². The molecule has 8 heteroatoms. The van der Waals surface area contributed by atoms with E-state index in [9.17, 15) is 9.59 Å². The summed E-state index contributed by atoms with van der Waals surface area (Å²) < 4.78 is 17.4. The Morgan fingerprint density at radius 3 is 2.61 bits per heavy atom. The van der Waals surface area contributed by atoms with E-state index in [-0.39, 0.29) is 19.6 Å². The van der Waals surface area contributed by atoms with Gasteiger partial charge in [-0.3, -0.25) is 4.79 Å². The van der Waals surface area contributed by atoms with Crippen LogP contribution < -0.4 is 4.74 Å². The van der Waals surface area contributed by atoms with Crippen LogP contribution in [-0.2, 0) is 27.1 Å². The van der Waals surface area contributed by atoms with Crippen LogP contribution in [-0.4, -0.2) is 47.9 Å². The second-order valence-corrected chi connectivity index (χ2v) is 10.2. The number of amides is 2.